The average Bonchev–Trinajstić information content (AvgIpc) is 2.66. The fourth-order valence-corrected chi connectivity index (χ4v) is 3.52. The third-order valence-electron chi connectivity index (χ3n) is 3.76. The van der Waals surface area contributed by atoms with E-state index in [0.29, 0.717) is 22.8 Å². The van der Waals surface area contributed by atoms with Crippen molar-refractivity contribution in [3.8, 4) is 5.88 Å². The summed E-state index contributed by atoms with van der Waals surface area (Å²) in [5.74, 6) is 0.376. The highest BCUT2D eigenvalue weighted by Gasteiger charge is 2.28. The van der Waals surface area contributed by atoms with Crippen LogP contribution >= 0.6 is 0 Å². The summed E-state index contributed by atoms with van der Waals surface area (Å²) >= 11 is 0. The Morgan fingerprint density at radius 3 is 2.43 bits per heavy atom. The maximum absolute atomic E-state index is 12.3. The van der Waals surface area contributed by atoms with Crippen molar-refractivity contribution in [1.82, 2.24) is 14.7 Å². The minimum Gasteiger partial charge on any atom is -0.479 e. The molecule has 1 atom stereocenters. The first kappa shape index (κ1) is 19.8. The van der Waals surface area contributed by atoms with Crippen LogP contribution in [0.5, 0.6) is 5.88 Å². The predicted octanol–water partition coefficient (Wildman–Crippen LogP) is 3.85. The number of anilines is 2. The molecule has 0 aliphatic carbocycles. The molecule has 0 spiro atoms. The van der Waals surface area contributed by atoms with Gasteiger partial charge in [-0.15, -0.1) is 0 Å². The molecule has 3 aromatic rings. The Balaban J connectivity index is 1.83. The molecule has 3 rings (SSSR count). The van der Waals surface area contributed by atoms with Gasteiger partial charge in [-0.05, 0) is 36.4 Å². The van der Waals surface area contributed by atoms with Gasteiger partial charge in [0.05, 0.1) is 12.0 Å². The van der Waals surface area contributed by atoms with Crippen LogP contribution in [0.15, 0.2) is 53.7 Å². The number of aromatic nitrogens is 2. The van der Waals surface area contributed by atoms with E-state index in [1.54, 1.807) is 29.2 Å². The molecule has 0 bridgehead atoms. The Labute approximate surface area is 159 Å². The van der Waals surface area contributed by atoms with Crippen molar-refractivity contribution < 1.29 is 22.1 Å². The zero-order valence-corrected chi connectivity index (χ0v) is 15.4. The quantitative estimate of drug-likeness (QED) is 0.572. The summed E-state index contributed by atoms with van der Waals surface area (Å²) in [4.78, 5) is 8.30. The third kappa shape index (κ3) is 4.49. The summed E-state index contributed by atoms with van der Waals surface area (Å²) in [5, 5.41) is 3.91. The molecule has 2 aromatic heterocycles. The molecule has 0 aliphatic heterocycles. The minimum absolute atomic E-state index is 0.0484. The Bertz CT molecular complexity index is 1090. The SMILES string of the molecule is COc1nccc2c(Nc3ccc([S@](=N)(=O)NCC(F)(F)F)cc3)ccnc12. The van der Waals surface area contributed by atoms with Gasteiger partial charge in [0.25, 0.3) is 0 Å². The molecule has 0 amide bonds. The van der Waals surface area contributed by atoms with Crippen LogP contribution < -0.4 is 14.8 Å². The molecule has 0 saturated heterocycles. The van der Waals surface area contributed by atoms with Gasteiger partial charge in [-0.3, -0.25) is 4.98 Å². The van der Waals surface area contributed by atoms with Crippen molar-refractivity contribution in [2.24, 2.45) is 0 Å². The summed E-state index contributed by atoms with van der Waals surface area (Å²) in [5.41, 5.74) is 1.87. The van der Waals surface area contributed by atoms with E-state index in [0.717, 1.165) is 5.39 Å². The number of benzene rings is 1. The Hall–Kier alpha value is -2.92. The average molecular weight is 411 g/mol. The predicted molar refractivity (Wildman–Crippen MR) is 99.0 cm³/mol. The van der Waals surface area contributed by atoms with Gasteiger partial charge in [0, 0.05) is 29.2 Å². The molecule has 2 heterocycles. The number of nitrogens with one attached hydrogen (secondary N) is 3. The van der Waals surface area contributed by atoms with E-state index in [1.165, 1.54) is 31.4 Å². The smallest absolute Gasteiger partial charge is 0.402 e. The normalized spacial score (nSPS) is 13.9. The summed E-state index contributed by atoms with van der Waals surface area (Å²) < 4.78 is 63.6. The second-order valence-electron chi connectivity index (χ2n) is 5.72. The fourth-order valence-electron chi connectivity index (χ4n) is 2.46. The Morgan fingerprint density at radius 2 is 1.79 bits per heavy atom. The molecule has 7 nitrogen and oxygen atoms in total. The lowest BCUT2D eigenvalue weighted by atomic mass is 10.2. The second kappa shape index (κ2) is 7.60. The first-order valence-corrected chi connectivity index (χ1v) is 9.50. The lowest BCUT2D eigenvalue weighted by Gasteiger charge is -2.13. The van der Waals surface area contributed by atoms with E-state index in [4.69, 9.17) is 9.52 Å². The van der Waals surface area contributed by atoms with Crippen molar-refractivity contribution in [3.63, 3.8) is 0 Å². The maximum atomic E-state index is 12.3. The first-order valence-electron chi connectivity index (χ1n) is 7.94. The van der Waals surface area contributed by atoms with Gasteiger partial charge < -0.3 is 10.1 Å². The van der Waals surface area contributed by atoms with Crippen molar-refractivity contribution >= 4 is 32.2 Å². The maximum Gasteiger partial charge on any atom is 0.402 e. The number of halogens is 3. The van der Waals surface area contributed by atoms with E-state index in [2.05, 4.69) is 15.3 Å². The summed E-state index contributed by atoms with van der Waals surface area (Å²) in [7, 11) is -2.27. The Kier molecular flexibility index (Phi) is 5.38. The number of fused-ring (bicyclic) bond motifs is 1. The third-order valence-corrected chi connectivity index (χ3v) is 5.25. The number of hydrogen-bond acceptors (Lipinski definition) is 6. The monoisotopic (exact) mass is 411 g/mol. The van der Waals surface area contributed by atoms with Crippen molar-refractivity contribution in [1.29, 1.82) is 4.78 Å². The summed E-state index contributed by atoms with van der Waals surface area (Å²) in [6, 6.07) is 9.25. The van der Waals surface area contributed by atoms with Gasteiger partial charge in [-0.1, -0.05) is 0 Å². The van der Waals surface area contributed by atoms with E-state index in [-0.39, 0.29) is 4.90 Å². The van der Waals surface area contributed by atoms with Crippen LogP contribution in [0, 0.1) is 4.78 Å². The molecule has 3 N–H and O–H groups in total. The minimum atomic E-state index is -4.55. The molecule has 0 radical (unpaired) electrons. The van der Waals surface area contributed by atoms with E-state index in [9.17, 15) is 17.4 Å². The number of ether oxygens (including phenoxy) is 1. The first-order chi connectivity index (χ1) is 13.2. The summed E-state index contributed by atoms with van der Waals surface area (Å²) in [6.45, 7) is -1.51. The van der Waals surface area contributed by atoms with Gasteiger partial charge in [0.15, 0.2) is 0 Å². The van der Waals surface area contributed by atoms with Gasteiger partial charge in [-0.2, -0.15) is 13.2 Å². The molecular formula is C17H16F3N5O2S. The van der Waals surface area contributed by atoms with Crippen molar-refractivity contribution in [2.75, 3.05) is 19.0 Å². The second-order valence-corrected chi connectivity index (χ2v) is 7.59. The van der Waals surface area contributed by atoms with E-state index >= 15 is 0 Å². The Morgan fingerprint density at radius 1 is 1.11 bits per heavy atom. The van der Waals surface area contributed by atoms with Crippen LogP contribution in [0.2, 0.25) is 0 Å². The van der Waals surface area contributed by atoms with Crippen LogP contribution in [-0.4, -0.2) is 34.0 Å². The van der Waals surface area contributed by atoms with Gasteiger partial charge in [0.1, 0.15) is 22.0 Å². The number of methoxy groups -OCH3 is 1. The standard InChI is InChI=1S/C17H16F3N5O2S/c1-27-16-15-13(6-8-23-16)14(7-9-22-15)25-11-2-4-12(5-3-11)28(21,26)24-10-17(18,19)20/h2-9H,10H2,1H3,(H,22,25)(H2,21,24,26)/t28-/m1/s1. The van der Waals surface area contributed by atoms with Crippen LogP contribution in [0.3, 0.4) is 0 Å². The lowest BCUT2D eigenvalue weighted by Crippen LogP contribution is -2.33. The van der Waals surface area contributed by atoms with Crippen LogP contribution in [0.25, 0.3) is 10.9 Å². The molecule has 0 unspecified atom stereocenters. The van der Waals surface area contributed by atoms with Gasteiger partial charge >= 0.3 is 6.18 Å². The number of alkyl halides is 3. The zero-order valence-electron chi connectivity index (χ0n) is 14.6. The van der Waals surface area contributed by atoms with Crippen LogP contribution in [0.1, 0.15) is 0 Å². The fraction of sp³-hybridized carbons (Fsp3) is 0.176. The molecule has 1 aromatic carbocycles. The number of pyridine rings is 2. The molecule has 0 saturated carbocycles. The lowest BCUT2D eigenvalue weighted by molar-refractivity contribution is -0.121. The number of rotatable bonds is 6. The highest BCUT2D eigenvalue weighted by molar-refractivity contribution is 7.90. The van der Waals surface area contributed by atoms with Gasteiger partial charge in [-0.25, -0.2) is 18.7 Å². The van der Waals surface area contributed by atoms with Gasteiger partial charge in [0.2, 0.25) is 5.88 Å². The van der Waals surface area contributed by atoms with Crippen molar-refractivity contribution in [2.45, 2.75) is 11.1 Å². The molecule has 0 fully saturated rings. The molecule has 148 valence electrons. The molecule has 28 heavy (non-hydrogen) atoms. The summed E-state index contributed by atoms with van der Waals surface area (Å²) in [6.07, 6.45) is -1.39. The van der Waals surface area contributed by atoms with E-state index in [1.807, 2.05) is 0 Å². The van der Waals surface area contributed by atoms with Crippen LogP contribution in [-0.2, 0) is 9.92 Å². The van der Waals surface area contributed by atoms with E-state index < -0.39 is 22.6 Å². The number of nitrogens with zero attached hydrogens (tertiary/aromatic N) is 2. The topological polar surface area (TPSA) is 100.0 Å². The zero-order chi connectivity index (χ0) is 20.4. The highest BCUT2D eigenvalue weighted by Crippen LogP contribution is 2.29. The largest absolute Gasteiger partial charge is 0.479 e. The number of hydrogen-bond donors (Lipinski definition) is 3. The molecule has 11 heteroatoms. The molecule has 0 aliphatic rings. The van der Waals surface area contributed by atoms with Crippen LogP contribution in [0.4, 0.5) is 24.5 Å². The molecular weight excluding hydrogens is 395 g/mol. The van der Waals surface area contributed by atoms with Crippen molar-refractivity contribution in [3.05, 3.63) is 48.8 Å². The highest BCUT2D eigenvalue weighted by atomic mass is 32.2.